The van der Waals surface area contributed by atoms with Gasteiger partial charge >= 0.3 is 0 Å². The Balaban J connectivity index is 2.24. The number of rotatable bonds is 2. The molecule has 21 heavy (non-hydrogen) atoms. The van der Waals surface area contributed by atoms with Gasteiger partial charge in [0.05, 0.1) is 12.7 Å². The molecule has 1 aromatic heterocycles. The molecule has 0 spiro atoms. The summed E-state index contributed by atoms with van der Waals surface area (Å²) >= 11 is 0. The quantitative estimate of drug-likeness (QED) is 0.757. The molecule has 0 radical (unpaired) electrons. The van der Waals surface area contributed by atoms with Crippen LogP contribution in [0.1, 0.15) is 0 Å². The first-order valence-electron chi connectivity index (χ1n) is 6.22. The summed E-state index contributed by atoms with van der Waals surface area (Å²) in [6.45, 7) is 0. The van der Waals surface area contributed by atoms with E-state index in [4.69, 9.17) is 9.15 Å². The topological polar surface area (TPSA) is 79.9 Å². The van der Waals surface area contributed by atoms with Crippen molar-refractivity contribution in [3.63, 3.8) is 0 Å². The lowest BCUT2D eigenvalue weighted by atomic mass is 10.2. The number of aromatic hydroxyl groups is 2. The molecule has 0 aliphatic carbocycles. The van der Waals surface area contributed by atoms with Gasteiger partial charge in [-0.05, 0) is 17.7 Å². The Kier molecular flexibility index (Phi) is 3.02. The molecular formula is C16H12O5. The first kappa shape index (κ1) is 13.1. The van der Waals surface area contributed by atoms with Gasteiger partial charge < -0.3 is 19.4 Å². The van der Waals surface area contributed by atoms with Gasteiger partial charge in [-0.25, -0.2) is 0 Å². The van der Waals surface area contributed by atoms with Crippen molar-refractivity contribution in [1.29, 1.82) is 0 Å². The molecule has 5 nitrogen and oxygen atoms in total. The minimum Gasteiger partial charge on any atom is -0.508 e. The SMILES string of the molecule is COc1cc[13c](-[13c]2coc3cc(O)cc(O)c3[13c]2=O)cc1. The summed E-state index contributed by atoms with van der Waals surface area (Å²) in [5.41, 5.74) is 0.749. The van der Waals surface area contributed by atoms with Crippen LogP contribution in [0.25, 0.3) is 22.1 Å². The summed E-state index contributed by atoms with van der Waals surface area (Å²) in [7, 11) is 1.56. The van der Waals surface area contributed by atoms with Crippen LogP contribution in [0.4, 0.5) is 0 Å². The zero-order valence-corrected chi connectivity index (χ0v) is 11.2. The third-order valence-corrected chi connectivity index (χ3v) is 3.24. The Morgan fingerprint density at radius 1 is 1.10 bits per heavy atom. The number of hydrogen-bond acceptors (Lipinski definition) is 5. The van der Waals surface area contributed by atoms with Crippen molar-refractivity contribution in [2.75, 3.05) is 7.11 Å². The predicted molar refractivity (Wildman–Crippen MR) is 77.8 cm³/mol. The number of fused-ring (bicyclic) bond motifs is 1. The molecule has 0 atom stereocenters. The van der Waals surface area contributed by atoms with E-state index in [0.717, 1.165) is 6.07 Å². The van der Waals surface area contributed by atoms with E-state index in [1.807, 2.05) is 0 Å². The largest absolute Gasteiger partial charge is 0.508 e. The Bertz CT molecular complexity index is 862. The third kappa shape index (κ3) is 2.18. The maximum Gasteiger partial charge on any atom is 0.204 e. The van der Waals surface area contributed by atoms with Crippen molar-refractivity contribution in [1.82, 2.24) is 0 Å². The Morgan fingerprint density at radius 3 is 2.48 bits per heavy atom. The average molecular weight is 287 g/mol. The molecular weight excluding hydrogens is 275 g/mol. The lowest BCUT2D eigenvalue weighted by Gasteiger charge is -2.05. The highest BCUT2D eigenvalue weighted by atomic mass is 16.5. The molecule has 0 aliphatic heterocycles. The molecule has 0 amide bonds. The van der Waals surface area contributed by atoms with Crippen LogP contribution in [0.15, 0.2) is 51.9 Å². The van der Waals surface area contributed by atoms with Crippen molar-refractivity contribution in [3.05, 3.63) is 52.9 Å². The van der Waals surface area contributed by atoms with E-state index < -0.39 is 0 Å². The zero-order valence-electron chi connectivity index (χ0n) is 11.2. The van der Waals surface area contributed by atoms with E-state index in [-0.39, 0.29) is 27.9 Å². The van der Waals surface area contributed by atoms with Crippen LogP contribution in [0.2, 0.25) is 0 Å². The second kappa shape index (κ2) is 4.86. The Labute approximate surface area is 119 Å². The molecule has 3 rings (SSSR count). The predicted octanol–water partition coefficient (Wildman–Crippen LogP) is 2.88. The molecule has 1 heterocycles. The number of hydrogen-bond donors (Lipinski definition) is 2. The fourth-order valence-electron chi connectivity index (χ4n) is 2.19. The van der Waals surface area contributed by atoms with E-state index in [0.29, 0.717) is 16.9 Å². The van der Waals surface area contributed by atoms with Gasteiger partial charge in [0.25, 0.3) is 0 Å². The lowest BCUT2D eigenvalue weighted by Crippen LogP contribution is -2.05. The summed E-state index contributed by atoms with van der Waals surface area (Å²) in [5.74, 6) is 0.200. The smallest absolute Gasteiger partial charge is 0.204 e. The van der Waals surface area contributed by atoms with Crippen molar-refractivity contribution in [2.24, 2.45) is 0 Å². The normalized spacial score (nSPS) is 10.7. The molecule has 5 heteroatoms. The Hall–Kier alpha value is -2.95. The fraction of sp³-hybridized carbons (Fsp3) is 0.0625. The highest BCUT2D eigenvalue weighted by molar-refractivity contribution is 5.87. The van der Waals surface area contributed by atoms with Gasteiger partial charge in [-0.15, -0.1) is 0 Å². The average Bonchev–Trinajstić information content (AvgIpc) is 2.47. The molecule has 2 aromatic carbocycles. The zero-order chi connectivity index (χ0) is 15.0. The summed E-state index contributed by atoms with van der Waals surface area (Å²) in [4.78, 5) is 12.5. The molecule has 2 N–H and O–H groups in total. The van der Waals surface area contributed by atoms with Gasteiger partial charge in [-0.2, -0.15) is 0 Å². The van der Waals surface area contributed by atoms with Crippen LogP contribution in [0.5, 0.6) is 17.2 Å². The molecule has 0 fully saturated rings. The van der Waals surface area contributed by atoms with Crippen LogP contribution in [-0.2, 0) is 0 Å². The number of methoxy groups -OCH3 is 1. The minimum atomic E-state index is -0.362. The summed E-state index contributed by atoms with van der Waals surface area (Å²) in [5, 5.41) is 19.3. The highest BCUT2D eigenvalue weighted by Gasteiger charge is 2.13. The van der Waals surface area contributed by atoms with Crippen molar-refractivity contribution < 1.29 is 19.4 Å². The fourth-order valence-corrected chi connectivity index (χ4v) is 2.19. The van der Waals surface area contributed by atoms with E-state index in [2.05, 4.69) is 0 Å². The van der Waals surface area contributed by atoms with E-state index >= 15 is 0 Å². The summed E-state index contributed by atoms with van der Waals surface area (Å²) in [6.07, 6.45) is 1.31. The van der Waals surface area contributed by atoms with Crippen molar-refractivity contribution >= 4 is 11.0 Å². The lowest BCUT2D eigenvalue weighted by molar-refractivity contribution is 0.415. The molecule has 0 unspecified atom stereocenters. The van der Waals surface area contributed by atoms with Gasteiger partial charge in [0.1, 0.15) is 34.5 Å². The van der Waals surface area contributed by atoms with Crippen molar-refractivity contribution in [3.8, 4) is 28.4 Å². The molecule has 0 bridgehead atoms. The second-order valence-corrected chi connectivity index (χ2v) is 4.55. The number of ether oxygens (including phenoxy) is 1. The first-order chi connectivity index (χ1) is 10.1. The van der Waals surface area contributed by atoms with Crippen LogP contribution in [0, 0.1) is 0 Å². The second-order valence-electron chi connectivity index (χ2n) is 4.55. The van der Waals surface area contributed by atoms with Gasteiger partial charge in [0.2, 0.25) is 5.43 Å². The standard InChI is InChI=1S/C16H12O5/c1-20-11-4-2-9(3-5-11)12-8-21-14-7-10(17)6-13(18)15(14)16(12)19/h2-8,17-18H,1H3/i9+1,12+1,16+1. The van der Waals surface area contributed by atoms with Gasteiger partial charge in [0, 0.05) is 12.1 Å². The summed E-state index contributed by atoms with van der Waals surface area (Å²) in [6, 6.07) is 9.32. The van der Waals surface area contributed by atoms with Gasteiger partial charge in [-0.1, -0.05) is 12.1 Å². The number of phenolic OH excluding ortho intramolecular Hbond substituents is 2. The molecule has 106 valence electrons. The highest BCUT2D eigenvalue weighted by Crippen LogP contribution is 2.29. The molecule has 3 aromatic rings. The van der Waals surface area contributed by atoms with Crippen molar-refractivity contribution in [2.45, 2.75) is 0 Å². The van der Waals surface area contributed by atoms with Crippen LogP contribution < -0.4 is 10.2 Å². The first-order valence-corrected chi connectivity index (χ1v) is 6.22. The number of benzene rings is 2. The number of phenols is 2. The maximum atomic E-state index is 12.5. The van der Waals surface area contributed by atoms with E-state index in [9.17, 15) is 15.0 Å². The van der Waals surface area contributed by atoms with Gasteiger partial charge in [-0.3, -0.25) is 4.79 Å². The van der Waals surface area contributed by atoms with Crippen LogP contribution in [0.3, 0.4) is 0 Å². The maximum absolute atomic E-state index is 12.5. The Morgan fingerprint density at radius 2 is 1.81 bits per heavy atom. The van der Waals surface area contributed by atoms with E-state index in [1.54, 1.807) is 31.4 Å². The molecule has 0 saturated heterocycles. The monoisotopic (exact) mass is 287 g/mol. The molecule has 0 saturated carbocycles. The summed E-state index contributed by atoms with van der Waals surface area (Å²) < 4.78 is 10.4. The minimum absolute atomic E-state index is 0.0427. The molecule has 0 aliphatic rings. The van der Waals surface area contributed by atoms with Crippen LogP contribution >= 0.6 is 0 Å². The van der Waals surface area contributed by atoms with Crippen LogP contribution in [-0.4, -0.2) is 17.3 Å². The van der Waals surface area contributed by atoms with Gasteiger partial charge in [0.15, 0.2) is 0 Å². The third-order valence-electron chi connectivity index (χ3n) is 3.24. The van der Waals surface area contributed by atoms with E-state index in [1.165, 1.54) is 12.3 Å².